The van der Waals surface area contributed by atoms with E-state index in [1.54, 1.807) is 7.11 Å². The second kappa shape index (κ2) is 4.92. The van der Waals surface area contributed by atoms with E-state index in [0.29, 0.717) is 18.9 Å². The van der Waals surface area contributed by atoms with E-state index < -0.39 is 5.82 Å². The second-order valence-electron chi connectivity index (χ2n) is 3.39. The van der Waals surface area contributed by atoms with Crippen molar-refractivity contribution in [2.45, 2.75) is 6.42 Å². The van der Waals surface area contributed by atoms with E-state index in [9.17, 15) is 9.50 Å². The van der Waals surface area contributed by atoms with E-state index in [1.807, 2.05) is 0 Å². The molecule has 0 fully saturated rings. The van der Waals surface area contributed by atoms with Gasteiger partial charge in [-0.15, -0.1) is 0 Å². The van der Waals surface area contributed by atoms with Crippen LogP contribution in [0.25, 0.3) is 11.5 Å². The highest BCUT2D eigenvalue weighted by Crippen LogP contribution is 2.30. The molecule has 17 heavy (non-hydrogen) atoms. The van der Waals surface area contributed by atoms with Gasteiger partial charge in [-0.25, -0.2) is 4.39 Å². The summed E-state index contributed by atoms with van der Waals surface area (Å²) < 4.78 is 23.2. The number of aromatic nitrogens is 2. The number of benzene rings is 1. The van der Waals surface area contributed by atoms with Crippen LogP contribution in [0.2, 0.25) is 0 Å². The van der Waals surface area contributed by atoms with Crippen LogP contribution < -0.4 is 0 Å². The van der Waals surface area contributed by atoms with Crippen molar-refractivity contribution in [2.75, 3.05) is 13.7 Å². The van der Waals surface area contributed by atoms with E-state index in [2.05, 4.69) is 10.1 Å². The van der Waals surface area contributed by atoms with E-state index >= 15 is 0 Å². The number of phenols is 1. The van der Waals surface area contributed by atoms with Gasteiger partial charge in [0.25, 0.3) is 5.89 Å². The number of hydrogen-bond acceptors (Lipinski definition) is 5. The summed E-state index contributed by atoms with van der Waals surface area (Å²) in [5.74, 6) is -0.463. The van der Waals surface area contributed by atoms with Gasteiger partial charge in [-0.2, -0.15) is 4.98 Å². The Kier molecular flexibility index (Phi) is 3.34. The Balaban J connectivity index is 2.30. The fourth-order valence-corrected chi connectivity index (χ4v) is 1.37. The van der Waals surface area contributed by atoms with E-state index in [4.69, 9.17) is 9.26 Å². The first-order valence-corrected chi connectivity index (χ1v) is 5.01. The van der Waals surface area contributed by atoms with Crippen LogP contribution in [-0.2, 0) is 11.2 Å². The molecule has 2 aromatic rings. The molecule has 0 aliphatic heterocycles. The van der Waals surface area contributed by atoms with E-state index in [-0.39, 0.29) is 17.2 Å². The molecule has 0 atom stereocenters. The van der Waals surface area contributed by atoms with Gasteiger partial charge in [-0.3, -0.25) is 0 Å². The summed E-state index contributed by atoms with van der Waals surface area (Å²) in [7, 11) is 1.56. The molecule has 0 bridgehead atoms. The molecule has 0 unspecified atom stereocenters. The summed E-state index contributed by atoms with van der Waals surface area (Å²) in [5.41, 5.74) is -0.0799. The van der Waals surface area contributed by atoms with Crippen LogP contribution in [0.15, 0.2) is 22.7 Å². The standard InChI is InChI=1S/C11H11FN2O3/c1-16-6-5-9-13-11(17-14-9)10-7(12)3-2-4-8(10)15/h2-4,15H,5-6H2,1H3. The lowest BCUT2D eigenvalue weighted by Crippen LogP contribution is -1.96. The van der Waals surface area contributed by atoms with E-state index in [0.717, 1.165) is 0 Å². The van der Waals surface area contributed by atoms with Crippen molar-refractivity contribution in [1.29, 1.82) is 0 Å². The van der Waals surface area contributed by atoms with Gasteiger partial charge < -0.3 is 14.4 Å². The number of ether oxygens (including phenoxy) is 1. The molecule has 2 rings (SSSR count). The number of hydrogen-bond donors (Lipinski definition) is 1. The number of aromatic hydroxyl groups is 1. The topological polar surface area (TPSA) is 68.4 Å². The van der Waals surface area contributed by atoms with Gasteiger partial charge in [-0.05, 0) is 12.1 Å². The van der Waals surface area contributed by atoms with Crippen molar-refractivity contribution >= 4 is 0 Å². The third kappa shape index (κ3) is 2.42. The van der Waals surface area contributed by atoms with Crippen molar-refractivity contribution in [3.8, 4) is 17.2 Å². The van der Waals surface area contributed by atoms with Gasteiger partial charge in [0.2, 0.25) is 0 Å². The lowest BCUT2D eigenvalue weighted by Gasteiger charge is -1.99. The fraction of sp³-hybridized carbons (Fsp3) is 0.273. The van der Waals surface area contributed by atoms with Gasteiger partial charge in [0.15, 0.2) is 5.82 Å². The summed E-state index contributed by atoms with van der Waals surface area (Å²) in [4.78, 5) is 3.98. The highest BCUT2D eigenvalue weighted by molar-refractivity contribution is 5.62. The summed E-state index contributed by atoms with van der Waals surface area (Å²) in [6.07, 6.45) is 0.467. The van der Waals surface area contributed by atoms with Crippen molar-refractivity contribution in [3.63, 3.8) is 0 Å². The fourth-order valence-electron chi connectivity index (χ4n) is 1.37. The van der Waals surface area contributed by atoms with Crippen molar-refractivity contribution in [3.05, 3.63) is 29.8 Å². The average Bonchev–Trinajstić information content (AvgIpc) is 2.75. The molecule has 1 heterocycles. The van der Waals surface area contributed by atoms with Crippen LogP contribution in [0.3, 0.4) is 0 Å². The summed E-state index contributed by atoms with van der Waals surface area (Å²) in [6, 6.07) is 3.97. The molecule has 0 saturated heterocycles. The number of halogens is 1. The molecule has 5 nitrogen and oxygen atoms in total. The predicted molar refractivity (Wildman–Crippen MR) is 56.9 cm³/mol. The maximum absolute atomic E-state index is 13.5. The normalized spacial score (nSPS) is 10.7. The number of phenolic OH excluding ortho intramolecular Hbond substituents is 1. The Morgan fingerprint density at radius 2 is 2.29 bits per heavy atom. The first-order chi connectivity index (χ1) is 8.22. The van der Waals surface area contributed by atoms with Crippen LogP contribution in [0, 0.1) is 5.82 Å². The molecule has 0 aliphatic carbocycles. The first-order valence-electron chi connectivity index (χ1n) is 5.01. The summed E-state index contributed by atoms with van der Waals surface area (Å²) in [6.45, 7) is 0.447. The molecule has 90 valence electrons. The van der Waals surface area contributed by atoms with Gasteiger partial charge in [0.05, 0.1) is 6.61 Å². The Labute approximate surface area is 96.8 Å². The molecule has 1 N–H and O–H groups in total. The average molecular weight is 238 g/mol. The molecule has 1 aromatic heterocycles. The molecule has 0 aliphatic rings. The zero-order chi connectivity index (χ0) is 12.3. The number of rotatable bonds is 4. The largest absolute Gasteiger partial charge is 0.507 e. The Bertz CT molecular complexity index is 493. The Morgan fingerprint density at radius 1 is 1.47 bits per heavy atom. The Hall–Kier alpha value is -1.95. The van der Waals surface area contributed by atoms with Gasteiger partial charge >= 0.3 is 0 Å². The van der Waals surface area contributed by atoms with Crippen molar-refractivity contribution in [2.24, 2.45) is 0 Å². The molecule has 0 radical (unpaired) electrons. The quantitative estimate of drug-likeness (QED) is 0.879. The molecule has 0 saturated carbocycles. The van der Waals surface area contributed by atoms with Crippen molar-refractivity contribution < 1.29 is 18.8 Å². The zero-order valence-corrected chi connectivity index (χ0v) is 9.18. The SMILES string of the molecule is COCCc1noc(-c2c(O)cccc2F)n1. The maximum atomic E-state index is 13.5. The number of methoxy groups -OCH3 is 1. The summed E-state index contributed by atoms with van der Waals surface area (Å²) >= 11 is 0. The van der Waals surface area contributed by atoms with Crippen LogP contribution in [0.5, 0.6) is 5.75 Å². The molecule has 6 heteroatoms. The van der Waals surface area contributed by atoms with Gasteiger partial charge in [0.1, 0.15) is 17.1 Å². The number of nitrogens with zero attached hydrogens (tertiary/aromatic N) is 2. The Morgan fingerprint density at radius 3 is 3.00 bits per heavy atom. The smallest absolute Gasteiger partial charge is 0.264 e. The van der Waals surface area contributed by atoms with Crippen LogP contribution in [-0.4, -0.2) is 29.0 Å². The zero-order valence-electron chi connectivity index (χ0n) is 9.18. The monoisotopic (exact) mass is 238 g/mol. The van der Waals surface area contributed by atoms with Crippen molar-refractivity contribution in [1.82, 2.24) is 10.1 Å². The third-order valence-electron chi connectivity index (χ3n) is 2.20. The third-order valence-corrected chi connectivity index (χ3v) is 2.20. The minimum atomic E-state index is -0.605. The second-order valence-corrected chi connectivity index (χ2v) is 3.39. The maximum Gasteiger partial charge on any atom is 0.264 e. The van der Waals surface area contributed by atoms with Crippen LogP contribution >= 0.6 is 0 Å². The van der Waals surface area contributed by atoms with Gasteiger partial charge in [-0.1, -0.05) is 11.2 Å². The highest BCUT2D eigenvalue weighted by Gasteiger charge is 2.17. The predicted octanol–water partition coefficient (Wildman–Crippen LogP) is 1.77. The first kappa shape index (κ1) is 11.5. The van der Waals surface area contributed by atoms with Crippen LogP contribution in [0.4, 0.5) is 4.39 Å². The molecule has 0 amide bonds. The van der Waals surface area contributed by atoms with E-state index in [1.165, 1.54) is 18.2 Å². The molecular formula is C11H11FN2O3. The molecule has 1 aromatic carbocycles. The summed E-state index contributed by atoms with van der Waals surface area (Å²) in [5, 5.41) is 13.2. The van der Waals surface area contributed by atoms with Crippen LogP contribution in [0.1, 0.15) is 5.82 Å². The lowest BCUT2D eigenvalue weighted by atomic mass is 10.2. The lowest BCUT2D eigenvalue weighted by molar-refractivity contribution is 0.199. The highest BCUT2D eigenvalue weighted by atomic mass is 19.1. The minimum absolute atomic E-state index is 0.0355. The van der Waals surface area contributed by atoms with Gasteiger partial charge in [0, 0.05) is 13.5 Å². The molecular weight excluding hydrogens is 227 g/mol. The molecule has 0 spiro atoms. The minimum Gasteiger partial charge on any atom is -0.507 e.